The van der Waals surface area contributed by atoms with Crippen molar-refractivity contribution >= 4 is 11.9 Å². The third-order valence-electron chi connectivity index (χ3n) is 3.70. The van der Waals surface area contributed by atoms with E-state index in [1.54, 1.807) is 12.1 Å². The van der Waals surface area contributed by atoms with Crippen LogP contribution < -0.4 is 0 Å². The molecule has 0 fully saturated rings. The summed E-state index contributed by atoms with van der Waals surface area (Å²) >= 11 is 0. The number of aryl methyl sites for hydroxylation is 1. The molecule has 0 aliphatic carbocycles. The number of rotatable bonds is 7. The highest BCUT2D eigenvalue weighted by molar-refractivity contribution is 6.02. The van der Waals surface area contributed by atoms with E-state index in [1.807, 2.05) is 37.3 Å². The second-order valence-electron chi connectivity index (χ2n) is 5.31. The summed E-state index contributed by atoms with van der Waals surface area (Å²) < 4.78 is 5.50. The van der Waals surface area contributed by atoms with Gasteiger partial charge in [-0.3, -0.25) is 0 Å². The van der Waals surface area contributed by atoms with Gasteiger partial charge in [-0.2, -0.15) is 0 Å². The van der Waals surface area contributed by atoms with Crippen molar-refractivity contribution in [1.82, 2.24) is 0 Å². The van der Waals surface area contributed by atoms with E-state index in [0.717, 1.165) is 6.42 Å². The van der Waals surface area contributed by atoms with Crippen molar-refractivity contribution in [2.24, 2.45) is 0 Å². The van der Waals surface area contributed by atoms with Gasteiger partial charge in [0.1, 0.15) is 6.10 Å². The molecule has 0 radical (unpaired) electrons. The summed E-state index contributed by atoms with van der Waals surface area (Å²) in [4.78, 5) is 23.4. The van der Waals surface area contributed by atoms with Gasteiger partial charge in [0.2, 0.25) is 0 Å². The number of carboxylic acid groups (broad SMARTS) is 1. The molecule has 0 aliphatic heterocycles. The average Bonchev–Trinajstić information content (AvgIpc) is 2.59. The molecule has 4 nitrogen and oxygen atoms in total. The van der Waals surface area contributed by atoms with Crippen molar-refractivity contribution in [3.8, 4) is 0 Å². The van der Waals surface area contributed by atoms with E-state index in [1.165, 1.54) is 17.7 Å². The predicted molar refractivity (Wildman–Crippen MR) is 87.7 cm³/mol. The van der Waals surface area contributed by atoms with Crippen molar-refractivity contribution < 1.29 is 19.4 Å². The number of ether oxygens (including phenoxy) is 1. The minimum absolute atomic E-state index is 0.0320. The van der Waals surface area contributed by atoms with Crippen LogP contribution in [0.2, 0.25) is 0 Å². The van der Waals surface area contributed by atoms with Crippen LogP contribution in [-0.2, 0) is 11.2 Å². The van der Waals surface area contributed by atoms with Gasteiger partial charge in [-0.1, -0.05) is 49.4 Å². The van der Waals surface area contributed by atoms with Gasteiger partial charge in [0.05, 0.1) is 11.1 Å². The summed E-state index contributed by atoms with van der Waals surface area (Å²) in [6.07, 6.45) is 1.98. The van der Waals surface area contributed by atoms with Gasteiger partial charge in [0, 0.05) is 0 Å². The van der Waals surface area contributed by atoms with Crippen molar-refractivity contribution in [1.29, 1.82) is 0 Å². The van der Waals surface area contributed by atoms with Crippen LogP contribution >= 0.6 is 0 Å². The molecule has 0 saturated carbocycles. The molecule has 0 bridgehead atoms. The highest BCUT2D eigenvalue weighted by atomic mass is 16.5. The van der Waals surface area contributed by atoms with E-state index in [-0.39, 0.29) is 17.2 Å². The lowest BCUT2D eigenvalue weighted by Crippen LogP contribution is -2.20. The molecule has 0 heterocycles. The number of aromatic carboxylic acids is 1. The first-order valence-corrected chi connectivity index (χ1v) is 7.69. The fourth-order valence-electron chi connectivity index (χ4n) is 2.38. The van der Waals surface area contributed by atoms with Gasteiger partial charge in [0.25, 0.3) is 0 Å². The number of carbonyl (C=O) groups excluding carboxylic acids is 1. The van der Waals surface area contributed by atoms with Gasteiger partial charge < -0.3 is 9.84 Å². The van der Waals surface area contributed by atoms with Crippen LogP contribution in [0.15, 0.2) is 54.6 Å². The molecule has 23 heavy (non-hydrogen) atoms. The highest BCUT2D eigenvalue weighted by Crippen LogP contribution is 2.15. The number of benzene rings is 2. The summed E-state index contributed by atoms with van der Waals surface area (Å²) in [6.45, 7) is 1.95. The topological polar surface area (TPSA) is 63.6 Å². The third-order valence-corrected chi connectivity index (χ3v) is 3.70. The summed E-state index contributed by atoms with van der Waals surface area (Å²) in [5.74, 6) is -1.71. The molecule has 2 aromatic rings. The van der Waals surface area contributed by atoms with Crippen molar-refractivity contribution in [3.63, 3.8) is 0 Å². The second kappa shape index (κ2) is 8.13. The second-order valence-corrected chi connectivity index (χ2v) is 5.31. The Morgan fingerprint density at radius 1 is 1.00 bits per heavy atom. The molecule has 2 rings (SSSR count). The molecule has 4 heteroatoms. The highest BCUT2D eigenvalue weighted by Gasteiger charge is 2.20. The van der Waals surface area contributed by atoms with Crippen LogP contribution in [0.5, 0.6) is 0 Å². The fraction of sp³-hybridized carbons (Fsp3) is 0.263. The molecule has 120 valence electrons. The summed E-state index contributed by atoms with van der Waals surface area (Å²) in [7, 11) is 0. The first kappa shape index (κ1) is 16.7. The lowest BCUT2D eigenvalue weighted by Gasteiger charge is -2.17. The molecular weight excluding hydrogens is 292 g/mol. The van der Waals surface area contributed by atoms with E-state index < -0.39 is 11.9 Å². The minimum atomic E-state index is -1.13. The minimum Gasteiger partial charge on any atom is -0.478 e. The van der Waals surface area contributed by atoms with Gasteiger partial charge >= 0.3 is 11.9 Å². The maximum absolute atomic E-state index is 12.3. The van der Waals surface area contributed by atoms with Crippen LogP contribution in [0.1, 0.15) is 46.0 Å². The third kappa shape index (κ3) is 4.68. The molecule has 1 N–H and O–H groups in total. The standard InChI is InChI=1S/C19H20O4/c1-2-15(13-12-14-8-4-3-5-9-14)23-19(22)17-11-7-6-10-16(17)18(20)21/h3-11,15H,2,12-13H2,1H3,(H,20,21)/t15-/m1/s1. The molecular formula is C19H20O4. The van der Waals surface area contributed by atoms with Crippen LogP contribution in [0.3, 0.4) is 0 Å². The van der Waals surface area contributed by atoms with Gasteiger partial charge in [-0.05, 0) is 37.0 Å². The van der Waals surface area contributed by atoms with Crippen LogP contribution in [0, 0.1) is 0 Å². The van der Waals surface area contributed by atoms with Crippen LogP contribution in [0.4, 0.5) is 0 Å². The first-order chi connectivity index (χ1) is 11.1. The smallest absolute Gasteiger partial charge is 0.339 e. The Hall–Kier alpha value is -2.62. The molecule has 1 atom stereocenters. The molecule has 0 unspecified atom stereocenters. The van der Waals surface area contributed by atoms with E-state index in [4.69, 9.17) is 9.84 Å². The SMILES string of the molecule is CC[C@H](CCc1ccccc1)OC(=O)c1ccccc1C(=O)O. The maximum Gasteiger partial charge on any atom is 0.339 e. The van der Waals surface area contributed by atoms with Gasteiger partial charge in [-0.25, -0.2) is 9.59 Å². The van der Waals surface area contributed by atoms with E-state index in [2.05, 4.69) is 0 Å². The normalized spacial score (nSPS) is 11.7. The number of carbonyl (C=O) groups is 2. The van der Waals surface area contributed by atoms with Crippen LogP contribution in [0.25, 0.3) is 0 Å². The molecule has 0 spiro atoms. The molecule has 0 saturated heterocycles. The zero-order valence-corrected chi connectivity index (χ0v) is 13.1. The molecule has 0 amide bonds. The van der Waals surface area contributed by atoms with Crippen molar-refractivity contribution in [2.45, 2.75) is 32.3 Å². The monoisotopic (exact) mass is 312 g/mol. The predicted octanol–water partition coefficient (Wildman–Crippen LogP) is 3.95. The van der Waals surface area contributed by atoms with E-state index in [9.17, 15) is 9.59 Å². The van der Waals surface area contributed by atoms with Gasteiger partial charge in [-0.15, -0.1) is 0 Å². The lowest BCUT2D eigenvalue weighted by atomic mass is 10.0. The molecule has 2 aromatic carbocycles. The fourth-order valence-corrected chi connectivity index (χ4v) is 2.38. The first-order valence-electron chi connectivity index (χ1n) is 7.69. The largest absolute Gasteiger partial charge is 0.478 e. The van der Waals surface area contributed by atoms with Gasteiger partial charge in [0.15, 0.2) is 0 Å². The molecule has 0 aromatic heterocycles. The Morgan fingerprint density at radius 2 is 1.61 bits per heavy atom. The Morgan fingerprint density at radius 3 is 2.22 bits per heavy atom. The van der Waals surface area contributed by atoms with E-state index in [0.29, 0.717) is 12.8 Å². The average molecular weight is 312 g/mol. The Balaban J connectivity index is 2.01. The summed E-state index contributed by atoms with van der Waals surface area (Å²) in [5, 5.41) is 9.15. The summed E-state index contributed by atoms with van der Waals surface area (Å²) in [5.41, 5.74) is 1.25. The quantitative estimate of drug-likeness (QED) is 0.786. The number of hydrogen-bond acceptors (Lipinski definition) is 3. The van der Waals surface area contributed by atoms with E-state index >= 15 is 0 Å². The molecule has 0 aliphatic rings. The number of esters is 1. The lowest BCUT2D eigenvalue weighted by molar-refractivity contribution is 0.0268. The maximum atomic E-state index is 12.3. The Labute approximate surface area is 135 Å². The number of hydrogen-bond donors (Lipinski definition) is 1. The van der Waals surface area contributed by atoms with Crippen molar-refractivity contribution in [3.05, 3.63) is 71.3 Å². The zero-order chi connectivity index (χ0) is 16.7. The van der Waals surface area contributed by atoms with Crippen LogP contribution in [-0.4, -0.2) is 23.1 Å². The van der Waals surface area contributed by atoms with Crippen molar-refractivity contribution in [2.75, 3.05) is 0 Å². The zero-order valence-electron chi connectivity index (χ0n) is 13.1. The Kier molecular flexibility index (Phi) is 5.92. The summed E-state index contributed by atoms with van der Waals surface area (Å²) in [6, 6.07) is 16.1. The number of carboxylic acids is 1. The Bertz CT molecular complexity index is 664.